The molecule has 0 heterocycles. The number of carbonyl (C=O) groups is 3. The van der Waals surface area contributed by atoms with E-state index in [1.54, 1.807) is 0 Å². The Labute approximate surface area is 73.7 Å². The first-order valence-electron chi connectivity index (χ1n) is 3.36. The lowest BCUT2D eigenvalue weighted by Gasteiger charge is -1.97. The fourth-order valence-electron chi connectivity index (χ4n) is 0.633. The Morgan fingerprint density at radius 2 is 1.69 bits per heavy atom. The Morgan fingerprint density at radius 3 is 2.00 bits per heavy atom. The summed E-state index contributed by atoms with van der Waals surface area (Å²) in [4.78, 5) is 30.8. The molecular weight excluding hydrogens is 178 g/mol. The van der Waals surface area contributed by atoms with Crippen molar-refractivity contribution in [1.82, 2.24) is 0 Å². The molecule has 0 saturated heterocycles. The molecular formula is C7H9NO5. The monoisotopic (exact) mass is 187 g/mol. The van der Waals surface area contributed by atoms with Crippen molar-refractivity contribution < 1.29 is 24.6 Å². The van der Waals surface area contributed by atoms with E-state index in [1.165, 1.54) is 0 Å². The van der Waals surface area contributed by atoms with Crippen molar-refractivity contribution in [2.45, 2.75) is 12.8 Å². The van der Waals surface area contributed by atoms with Crippen LogP contribution in [0.15, 0.2) is 11.6 Å². The number of amides is 1. The molecule has 72 valence electrons. The van der Waals surface area contributed by atoms with Crippen LogP contribution in [0.3, 0.4) is 0 Å². The highest BCUT2D eigenvalue weighted by molar-refractivity contribution is 5.96. The van der Waals surface area contributed by atoms with Crippen LogP contribution < -0.4 is 5.73 Å². The van der Waals surface area contributed by atoms with Gasteiger partial charge in [-0.05, 0) is 0 Å². The zero-order valence-electron chi connectivity index (χ0n) is 6.69. The van der Waals surface area contributed by atoms with E-state index in [0.29, 0.717) is 0 Å². The van der Waals surface area contributed by atoms with Crippen LogP contribution in [0.5, 0.6) is 0 Å². The van der Waals surface area contributed by atoms with Crippen molar-refractivity contribution in [3.8, 4) is 0 Å². The number of carboxylic acid groups (broad SMARTS) is 2. The van der Waals surface area contributed by atoms with E-state index in [-0.39, 0.29) is 5.57 Å². The number of rotatable bonds is 5. The van der Waals surface area contributed by atoms with Crippen molar-refractivity contribution in [3.05, 3.63) is 11.6 Å². The van der Waals surface area contributed by atoms with E-state index in [1.807, 2.05) is 0 Å². The zero-order valence-corrected chi connectivity index (χ0v) is 6.69. The smallest absolute Gasteiger partial charge is 0.308 e. The average molecular weight is 187 g/mol. The molecule has 6 nitrogen and oxygen atoms in total. The lowest BCUT2D eigenvalue weighted by Crippen LogP contribution is -2.17. The standard InChI is InChI=1S/C7H9NO5/c8-7(13)4(3-6(11)12)1-2-5(9)10/h1H,2-3H2,(H2,8,13)(H,9,10)(H,11,12)/b4-1-. The first-order chi connectivity index (χ1) is 5.93. The quantitative estimate of drug-likeness (QED) is 0.494. The van der Waals surface area contributed by atoms with Gasteiger partial charge >= 0.3 is 11.9 Å². The highest BCUT2D eigenvalue weighted by Gasteiger charge is 2.09. The second-order valence-electron chi connectivity index (χ2n) is 2.26. The Balaban J connectivity index is 4.41. The Morgan fingerprint density at radius 1 is 1.15 bits per heavy atom. The van der Waals surface area contributed by atoms with Crippen molar-refractivity contribution in [1.29, 1.82) is 0 Å². The van der Waals surface area contributed by atoms with Gasteiger partial charge in [0.15, 0.2) is 0 Å². The minimum Gasteiger partial charge on any atom is -0.481 e. The number of aliphatic carboxylic acids is 2. The van der Waals surface area contributed by atoms with E-state index in [4.69, 9.17) is 15.9 Å². The van der Waals surface area contributed by atoms with Crippen molar-refractivity contribution in [2.75, 3.05) is 0 Å². The molecule has 0 aliphatic carbocycles. The minimum atomic E-state index is -1.23. The maximum Gasteiger partial charge on any atom is 0.308 e. The molecule has 0 bridgehead atoms. The number of hydrogen-bond donors (Lipinski definition) is 3. The van der Waals surface area contributed by atoms with Gasteiger partial charge in [-0.3, -0.25) is 14.4 Å². The molecule has 0 rings (SSSR count). The Kier molecular flexibility index (Phi) is 4.21. The number of carbonyl (C=O) groups excluding carboxylic acids is 1. The average Bonchev–Trinajstić information content (AvgIpc) is 1.96. The molecule has 1 amide bonds. The summed E-state index contributed by atoms with van der Waals surface area (Å²) in [5.74, 6) is -3.29. The second kappa shape index (κ2) is 4.91. The molecule has 0 aliphatic heterocycles. The molecule has 0 aromatic carbocycles. The van der Waals surface area contributed by atoms with Crippen molar-refractivity contribution >= 4 is 17.8 Å². The van der Waals surface area contributed by atoms with Gasteiger partial charge in [0.2, 0.25) is 5.91 Å². The van der Waals surface area contributed by atoms with Gasteiger partial charge in [-0.15, -0.1) is 0 Å². The van der Waals surface area contributed by atoms with Crippen molar-refractivity contribution in [3.63, 3.8) is 0 Å². The van der Waals surface area contributed by atoms with E-state index < -0.39 is 30.7 Å². The van der Waals surface area contributed by atoms with Crippen LogP contribution in [0.2, 0.25) is 0 Å². The van der Waals surface area contributed by atoms with Crippen LogP contribution in [-0.4, -0.2) is 28.1 Å². The maximum absolute atomic E-state index is 10.5. The van der Waals surface area contributed by atoms with E-state index >= 15 is 0 Å². The second-order valence-corrected chi connectivity index (χ2v) is 2.26. The number of carboxylic acids is 2. The molecule has 0 saturated carbocycles. The van der Waals surface area contributed by atoms with Crippen LogP contribution in [0.1, 0.15) is 12.8 Å². The maximum atomic E-state index is 10.5. The van der Waals surface area contributed by atoms with Gasteiger partial charge in [0.25, 0.3) is 0 Å². The van der Waals surface area contributed by atoms with Gasteiger partial charge in [-0.25, -0.2) is 0 Å². The normalized spacial score (nSPS) is 10.9. The SMILES string of the molecule is NC(=O)/C(=C\CC(=O)O)CC(=O)O. The number of hydrogen-bond acceptors (Lipinski definition) is 3. The summed E-state index contributed by atoms with van der Waals surface area (Å²) in [7, 11) is 0. The van der Waals surface area contributed by atoms with Gasteiger partial charge in [0.1, 0.15) is 0 Å². The Bertz CT molecular complexity index is 268. The summed E-state index contributed by atoms with van der Waals surface area (Å²) in [5, 5.41) is 16.5. The molecule has 6 heteroatoms. The zero-order chi connectivity index (χ0) is 10.4. The van der Waals surface area contributed by atoms with Gasteiger partial charge < -0.3 is 15.9 Å². The number of primary amides is 1. The summed E-state index contributed by atoms with van der Waals surface area (Å²) in [6.07, 6.45) is 0.0347. The molecule has 0 aromatic rings. The van der Waals surface area contributed by atoms with E-state index in [0.717, 1.165) is 6.08 Å². The van der Waals surface area contributed by atoms with E-state index in [9.17, 15) is 14.4 Å². The Hall–Kier alpha value is -1.85. The van der Waals surface area contributed by atoms with Gasteiger partial charge in [-0.2, -0.15) is 0 Å². The van der Waals surface area contributed by atoms with E-state index in [2.05, 4.69) is 0 Å². The third-order valence-corrected chi connectivity index (χ3v) is 1.18. The van der Waals surface area contributed by atoms with Crippen LogP contribution >= 0.6 is 0 Å². The molecule has 0 spiro atoms. The minimum absolute atomic E-state index is 0.199. The molecule has 0 aliphatic rings. The summed E-state index contributed by atoms with van der Waals surface area (Å²) < 4.78 is 0. The lowest BCUT2D eigenvalue weighted by molar-refractivity contribution is -0.137. The highest BCUT2D eigenvalue weighted by atomic mass is 16.4. The molecule has 0 unspecified atom stereocenters. The van der Waals surface area contributed by atoms with Crippen LogP contribution in [-0.2, 0) is 14.4 Å². The molecule has 0 atom stereocenters. The molecule has 0 fully saturated rings. The summed E-state index contributed by atoms with van der Waals surface area (Å²) in [6, 6.07) is 0. The van der Waals surface area contributed by atoms with Crippen LogP contribution in [0, 0.1) is 0 Å². The van der Waals surface area contributed by atoms with Gasteiger partial charge in [0, 0.05) is 5.57 Å². The topological polar surface area (TPSA) is 118 Å². The fourth-order valence-corrected chi connectivity index (χ4v) is 0.633. The third kappa shape index (κ3) is 5.42. The van der Waals surface area contributed by atoms with Gasteiger partial charge in [-0.1, -0.05) is 6.08 Å². The summed E-state index contributed by atoms with van der Waals surface area (Å²) >= 11 is 0. The third-order valence-electron chi connectivity index (χ3n) is 1.18. The van der Waals surface area contributed by atoms with Crippen LogP contribution in [0.25, 0.3) is 0 Å². The highest BCUT2D eigenvalue weighted by Crippen LogP contribution is 2.02. The van der Waals surface area contributed by atoms with Crippen molar-refractivity contribution in [2.24, 2.45) is 5.73 Å². The summed E-state index contributed by atoms with van der Waals surface area (Å²) in [6.45, 7) is 0. The predicted molar refractivity (Wildman–Crippen MR) is 41.8 cm³/mol. The fraction of sp³-hybridized carbons (Fsp3) is 0.286. The molecule has 13 heavy (non-hydrogen) atoms. The first-order valence-corrected chi connectivity index (χ1v) is 3.36. The molecule has 4 N–H and O–H groups in total. The number of nitrogens with two attached hydrogens (primary N) is 1. The van der Waals surface area contributed by atoms with Crippen LogP contribution in [0.4, 0.5) is 0 Å². The van der Waals surface area contributed by atoms with Gasteiger partial charge in [0.05, 0.1) is 12.8 Å². The molecule has 0 aromatic heterocycles. The predicted octanol–water partition coefficient (Wildman–Crippen LogP) is -0.652. The lowest BCUT2D eigenvalue weighted by atomic mass is 10.1. The molecule has 0 radical (unpaired) electrons. The largest absolute Gasteiger partial charge is 0.481 e. The summed E-state index contributed by atoms with van der Waals surface area (Å²) in [5.41, 5.74) is 4.61. The first kappa shape index (κ1) is 11.2.